The van der Waals surface area contributed by atoms with Crippen LogP contribution in [-0.2, 0) is 13.5 Å². The van der Waals surface area contributed by atoms with E-state index in [1.54, 1.807) is 0 Å². The highest BCUT2D eigenvalue weighted by atomic mass is 79.9. The third-order valence-electron chi connectivity index (χ3n) is 3.70. The van der Waals surface area contributed by atoms with Crippen LogP contribution in [0, 0.1) is 11.7 Å². The maximum Gasteiger partial charge on any atom is 0.184 e. The van der Waals surface area contributed by atoms with Gasteiger partial charge in [0.25, 0.3) is 0 Å². The molecule has 0 spiro atoms. The molecule has 110 valence electrons. The molecule has 1 aromatic carbocycles. The van der Waals surface area contributed by atoms with Crippen molar-refractivity contribution in [2.45, 2.75) is 26.7 Å². The molecule has 0 aliphatic rings. The zero-order valence-corrected chi connectivity index (χ0v) is 14.7. The Balaban J connectivity index is 2.35. The van der Waals surface area contributed by atoms with Crippen molar-refractivity contribution in [1.82, 2.24) is 19.3 Å². The van der Waals surface area contributed by atoms with E-state index >= 15 is 0 Å². The van der Waals surface area contributed by atoms with Gasteiger partial charge in [0.1, 0.15) is 5.52 Å². The van der Waals surface area contributed by atoms with E-state index in [4.69, 9.17) is 12.2 Å². The molecule has 2 aromatic heterocycles. The second-order valence-corrected chi connectivity index (χ2v) is 6.41. The van der Waals surface area contributed by atoms with Gasteiger partial charge in [-0.15, -0.1) is 0 Å². The van der Waals surface area contributed by atoms with Gasteiger partial charge in [0.05, 0.1) is 11.4 Å². The van der Waals surface area contributed by atoms with Crippen LogP contribution in [0.3, 0.4) is 0 Å². The van der Waals surface area contributed by atoms with Crippen LogP contribution in [-0.4, -0.2) is 19.3 Å². The summed E-state index contributed by atoms with van der Waals surface area (Å²) < 4.78 is 5.76. The summed E-state index contributed by atoms with van der Waals surface area (Å²) in [6.45, 7) is 4.24. The van der Waals surface area contributed by atoms with Gasteiger partial charge >= 0.3 is 0 Å². The molecule has 0 atom stereocenters. The van der Waals surface area contributed by atoms with Crippen LogP contribution < -0.4 is 0 Å². The van der Waals surface area contributed by atoms with Crippen molar-refractivity contribution in [2.75, 3.05) is 0 Å². The molecule has 0 aliphatic carbocycles. The van der Waals surface area contributed by atoms with Crippen LogP contribution in [0.4, 0.5) is 0 Å². The number of aromatic nitrogens is 4. The lowest BCUT2D eigenvalue weighted by Gasteiger charge is -2.09. The molecule has 0 fully saturated rings. The summed E-state index contributed by atoms with van der Waals surface area (Å²) in [6, 6.07) is 6.14. The van der Waals surface area contributed by atoms with Gasteiger partial charge in [0.2, 0.25) is 0 Å². The zero-order chi connectivity index (χ0) is 15.1. The van der Waals surface area contributed by atoms with Crippen molar-refractivity contribution in [3.8, 4) is 5.69 Å². The second kappa shape index (κ2) is 5.42. The Hall–Kier alpha value is -1.40. The zero-order valence-electron chi connectivity index (χ0n) is 12.3. The fourth-order valence-corrected chi connectivity index (χ4v) is 3.33. The van der Waals surface area contributed by atoms with E-state index in [1.807, 2.05) is 23.9 Å². The van der Waals surface area contributed by atoms with Crippen molar-refractivity contribution >= 4 is 39.3 Å². The number of rotatable bonds is 3. The summed E-state index contributed by atoms with van der Waals surface area (Å²) in [7, 11) is 1.97. The molecule has 0 saturated heterocycles. The maximum atomic E-state index is 5.55. The normalized spacial score (nSPS) is 11.4. The SMILES string of the molecule is CCCc1nn(C)c2c1[nH]c(=S)n2-c1cccc(Br)c1C. The third kappa shape index (κ3) is 2.26. The summed E-state index contributed by atoms with van der Waals surface area (Å²) >= 11 is 9.13. The largest absolute Gasteiger partial charge is 0.327 e. The van der Waals surface area contributed by atoms with Crippen molar-refractivity contribution in [3.05, 3.63) is 38.7 Å². The molecule has 4 nitrogen and oxygen atoms in total. The minimum atomic E-state index is 0.705. The number of nitrogens with one attached hydrogen (secondary N) is 1. The van der Waals surface area contributed by atoms with E-state index < -0.39 is 0 Å². The molecule has 0 saturated carbocycles. The smallest absolute Gasteiger partial charge is 0.184 e. The lowest BCUT2D eigenvalue weighted by Crippen LogP contribution is -2.03. The van der Waals surface area contributed by atoms with E-state index in [0.29, 0.717) is 4.77 Å². The van der Waals surface area contributed by atoms with Gasteiger partial charge in [-0.3, -0.25) is 4.57 Å². The minimum absolute atomic E-state index is 0.705. The van der Waals surface area contributed by atoms with E-state index in [0.717, 1.165) is 45.4 Å². The Morgan fingerprint density at radius 3 is 2.86 bits per heavy atom. The lowest BCUT2D eigenvalue weighted by molar-refractivity contribution is 0.735. The number of hydrogen-bond acceptors (Lipinski definition) is 2. The number of fused-ring (bicyclic) bond motifs is 1. The fourth-order valence-electron chi connectivity index (χ4n) is 2.69. The predicted octanol–water partition coefficient (Wildman–Crippen LogP) is 4.45. The van der Waals surface area contributed by atoms with Crippen molar-refractivity contribution in [1.29, 1.82) is 0 Å². The van der Waals surface area contributed by atoms with E-state index in [9.17, 15) is 0 Å². The van der Waals surface area contributed by atoms with Gasteiger partial charge < -0.3 is 4.98 Å². The molecule has 3 rings (SSSR count). The number of benzene rings is 1. The number of imidazole rings is 1. The molecule has 2 heterocycles. The van der Waals surface area contributed by atoms with Gasteiger partial charge in [-0.05, 0) is 43.3 Å². The molecule has 0 radical (unpaired) electrons. The quantitative estimate of drug-likeness (QED) is 0.697. The number of H-pyrrole nitrogens is 1. The third-order valence-corrected chi connectivity index (χ3v) is 4.85. The fraction of sp³-hybridized carbons (Fsp3) is 0.333. The Morgan fingerprint density at radius 2 is 2.14 bits per heavy atom. The van der Waals surface area contributed by atoms with Crippen LogP contribution >= 0.6 is 28.1 Å². The number of hydrogen-bond donors (Lipinski definition) is 1. The highest BCUT2D eigenvalue weighted by Crippen LogP contribution is 2.27. The van der Waals surface area contributed by atoms with Crippen molar-refractivity contribution in [3.63, 3.8) is 0 Å². The summed E-state index contributed by atoms with van der Waals surface area (Å²) in [6.07, 6.45) is 2.01. The first-order chi connectivity index (χ1) is 10.0. The highest BCUT2D eigenvalue weighted by Gasteiger charge is 2.17. The standard InChI is InChI=1S/C15H17BrN4S/c1-4-6-11-13-14(19(3)18-11)20(15(21)17-13)12-8-5-7-10(16)9(12)2/h5,7-8H,4,6H2,1-3H3,(H,17,21). The topological polar surface area (TPSA) is 38.5 Å². The van der Waals surface area contributed by atoms with Crippen molar-refractivity contribution < 1.29 is 0 Å². The Kier molecular flexibility index (Phi) is 3.75. The van der Waals surface area contributed by atoms with Gasteiger partial charge in [-0.25, -0.2) is 4.68 Å². The average Bonchev–Trinajstić information content (AvgIpc) is 2.92. The Labute approximate surface area is 136 Å². The second-order valence-electron chi connectivity index (χ2n) is 5.17. The van der Waals surface area contributed by atoms with Crippen LogP contribution in [0.2, 0.25) is 0 Å². The number of nitrogens with zero attached hydrogens (tertiary/aromatic N) is 3. The van der Waals surface area contributed by atoms with E-state index in [1.165, 1.54) is 0 Å². The molecule has 0 amide bonds. The molecular formula is C15H17BrN4S. The van der Waals surface area contributed by atoms with Crippen molar-refractivity contribution in [2.24, 2.45) is 7.05 Å². The maximum absolute atomic E-state index is 5.55. The van der Waals surface area contributed by atoms with Gasteiger partial charge in [0.15, 0.2) is 10.4 Å². The van der Waals surface area contributed by atoms with E-state index in [2.05, 4.69) is 50.5 Å². The molecular weight excluding hydrogens is 348 g/mol. The lowest BCUT2D eigenvalue weighted by atomic mass is 10.2. The highest BCUT2D eigenvalue weighted by molar-refractivity contribution is 9.10. The first-order valence-corrected chi connectivity index (χ1v) is 8.16. The molecule has 3 aromatic rings. The van der Waals surface area contributed by atoms with Crippen LogP contribution in [0.25, 0.3) is 16.9 Å². The minimum Gasteiger partial charge on any atom is -0.327 e. The molecule has 6 heteroatoms. The summed E-state index contributed by atoms with van der Waals surface area (Å²) in [5.41, 5.74) is 5.38. The van der Waals surface area contributed by atoms with Gasteiger partial charge in [-0.2, -0.15) is 5.10 Å². The molecule has 21 heavy (non-hydrogen) atoms. The number of halogens is 1. The monoisotopic (exact) mass is 364 g/mol. The Bertz CT molecular complexity index is 872. The molecule has 0 unspecified atom stereocenters. The predicted molar refractivity (Wildman–Crippen MR) is 91.7 cm³/mol. The van der Waals surface area contributed by atoms with Gasteiger partial charge in [0, 0.05) is 11.5 Å². The average molecular weight is 365 g/mol. The van der Waals surface area contributed by atoms with E-state index in [-0.39, 0.29) is 0 Å². The van der Waals surface area contributed by atoms with Crippen LogP contribution in [0.1, 0.15) is 24.6 Å². The Morgan fingerprint density at radius 1 is 1.38 bits per heavy atom. The van der Waals surface area contributed by atoms with Gasteiger partial charge in [-0.1, -0.05) is 35.3 Å². The summed E-state index contributed by atoms with van der Waals surface area (Å²) in [5.74, 6) is 0. The first-order valence-electron chi connectivity index (χ1n) is 6.96. The number of aromatic amines is 1. The summed E-state index contributed by atoms with van der Waals surface area (Å²) in [4.78, 5) is 3.33. The van der Waals surface area contributed by atoms with Crippen LogP contribution in [0.5, 0.6) is 0 Å². The summed E-state index contributed by atoms with van der Waals surface area (Å²) in [5, 5.41) is 4.63. The molecule has 1 N–H and O–H groups in total. The first kappa shape index (κ1) is 14.5. The van der Waals surface area contributed by atoms with Crippen LogP contribution in [0.15, 0.2) is 22.7 Å². The number of aryl methyl sites for hydroxylation is 2. The molecule has 0 bridgehead atoms. The molecule has 0 aliphatic heterocycles.